The van der Waals surface area contributed by atoms with Crippen LogP contribution < -0.4 is 5.32 Å². The van der Waals surface area contributed by atoms with Crippen LogP contribution in [0, 0.1) is 10.1 Å². The van der Waals surface area contributed by atoms with Crippen molar-refractivity contribution in [2.45, 2.75) is 19.9 Å². The predicted octanol–water partition coefficient (Wildman–Crippen LogP) is 3.99. The van der Waals surface area contributed by atoms with E-state index < -0.39 is 4.92 Å². The molecule has 1 N–H and O–H groups in total. The monoisotopic (exact) mass is 351 g/mol. The van der Waals surface area contributed by atoms with E-state index in [2.05, 4.69) is 21.2 Å². The molecule has 0 aliphatic rings. The van der Waals surface area contributed by atoms with E-state index in [1.807, 2.05) is 24.6 Å². The maximum absolute atomic E-state index is 12.3. The molecule has 2 aromatic rings. The molecule has 0 fully saturated rings. The number of hydrogen-bond donors (Lipinski definition) is 1. The molecule has 1 amide bonds. The van der Waals surface area contributed by atoms with E-state index >= 15 is 0 Å². The molecule has 21 heavy (non-hydrogen) atoms. The van der Waals surface area contributed by atoms with Crippen LogP contribution in [0.3, 0.4) is 0 Å². The molecule has 2 rings (SSSR count). The third-order valence-corrected chi connectivity index (χ3v) is 3.37. The van der Waals surface area contributed by atoms with Crippen molar-refractivity contribution in [3.63, 3.8) is 0 Å². The van der Waals surface area contributed by atoms with Crippen LogP contribution in [-0.4, -0.2) is 15.4 Å². The summed E-state index contributed by atoms with van der Waals surface area (Å²) in [5.74, 6) is -0.261. The number of amides is 1. The second-order valence-electron chi connectivity index (χ2n) is 4.80. The van der Waals surface area contributed by atoms with Crippen molar-refractivity contribution in [3.8, 4) is 0 Å². The Bertz CT molecular complexity index is 677. The van der Waals surface area contributed by atoms with E-state index in [0.717, 1.165) is 4.47 Å². The number of nitro benzene ring substituents is 1. The first kappa shape index (κ1) is 15.2. The van der Waals surface area contributed by atoms with Crippen LogP contribution in [0.1, 0.15) is 30.4 Å². The highest BCUT2D eigenvalue weighted by Crippen LogP contribution is 2.21. The number of carbonyl (C=O) groups excluding carboxylic acids is 1. The van der Waals surface area contributed by atoms with Gasteiger partial charge in [-0.3, -0.25) is 14.9 Å². The number of nitro groups is 1. The molecule has 1 aromatic heterocycles. The molecule has 0 saturated carbocycles. The number of hydrogen-bond acceptors (Lipinski definition) is 3. The standard InChI is InChI=1S/C14H14BrN3O3/c1-9(2)17-8-10(15)7-13(17)14(19)16-11-3-5-12(6-4-11)18(20)21/h3-9H,1-2H3,(H,16,19). The Hall–Kier alpha value is -2.15. The number of halogens is 1. The fraction of sp³-hybridized carbons (Fsp3) is 0.214. The summed E-state index contributed by atoms with van der Waals surface area (Å²) in [6.45, 7) is 3.96. The van der Waals surface area contributed by atoms with Crippen molar-refractivity contribution < 1.29 is 9.72 Å². The first-order valence-corrected chi connectivity index (χ1v) is 7.11. The first-order valence-electron chi connectivity index (χ1n) is 6.31. The highest BCUT2D eigenvalue weighted by molar-refractivity contribution is 9.10. The maximum atomic E-state index is 12.3. The number of non-ortho nitro benzene ring substituents is 1. The smallest absolute Gasteiger partial charge is 0.272 e. The van der Waals surface area contributed by atoms with Gasteiger partial charge in [0, 0.05) is 34.5 Å². The van der Waals surface area contributed by atoms with E-state index in [0.29, 0.717) is 11.4 Å². The third-order valence-electron chi connectivity index (χ3n) is 2.94. The summed E-state index contributed by atoms with van der Waals surface area (Å²) in [6.07, 6.45) is 1.84. The average Bonchev–Trinajstić information content (AvgIpc) is 2.82. The van der Waals surface area contributed by atoms with Gasteiger partial charge in [-0.2, -0.15) is 0 Å². The lowest BCUT2D eigenvalue weighted by Crippen LogP contribution is -2.17. The highest BCUT2D eigenvalue weighted by atomic mass is 79.9. The Labute approximate surface area is 130 Å². The summed E-state index contributed by atoms with van der Waals surface area (Å²) in [5.41, 5.74) is 1.02. The molecular formula is C14H14BrN3O3. The zero-order valence-corrected chi connectivity index (χ0v) is 13.1. The van der Waals surface area contributed by atoms with Crippen molar-refractivity contribution >= 4 is 33.2 Å². The van der Waals surface area contributed by atoms with Gasteiger partial charge in [0.25, 0.3) is 11.6 Å². The predicted molar refractivity (Wildman–Crippen MR) is 83.6 cm³/mol. The summed E-state index contributed by atoms with van der Waals surface area (Å²) in [4.78, 5) is 22.4. The van der Waals surface area contributed by atoms with E-state index in [1.54, 1.807) is 6.07 Å². The molecule has 110 valence electrons. The molecule has 0 aliphatic carbocycles. The van der Waals surface area contributed by atoms with Crippen molar-refractivity contribution in [3.05, 3.63) is 56.8 Å². The summed E-state index contributed by atoms with van der Waals surface area (Å²) in [6, 6.07) is 7.61. The molecule has 0 spiro atoms. The Morgan fingerprint density at radius 3 is 2.48 bits per heavy atom. The van der Waals surface area contributed by atoms with Gasteiger partial charge in [-0.15, -0.1) is 0 Å². The van der Waals surface area contributed by atoms with Crippen LogP contribution in [0.4, 0.5) is 11.4 Å². The van der Waals surface area contributed by atoms with Gasteiger partial charge in [0.1, 0.15) is 5.69 Å². The molecule has 1 heterocycles. The Morgan fingerprint density at radius 1 is 1.33 bits per heavy atom. The van der Waals surface area contributed by atoms with Gasteiger partial charge in [0.15, 0.2) is 0 Å². The van der Waals surface area contributed by atoms with Crippen LogP contribution in [0.5, 0.6) is 0 Å². The van der Waals surface area contributed by atoms with Crippen molar-refractivity contribution in [2.24, 2.45) is 0 Å². The largest absolute Gasteiger partial charge is 0.340 e. The molecule has 0 radical (unpaired) electrons. The van der Waals surface area contributed by atoms with Crippen LogP contribution in [-0.2, 0) is 0 Å². The minimum atomic E-state index is -0.480. The molecule has 0 saturated heterocycles. The molecule has 6 nitrogen and oxygen atoms in total. The molecule has 0 bridgehead atoms. The summed E-state index contributed by atoms with van der Waals surface area (Å²) >= 11 is 3.35. The lowest BCUT2D eigenvalue weighted by Gasteiger charge is -2.12. The van der Waals surface area contributed by atoms with Gasteiger partial charge in [-0.05, 0) is 48.0 Å². The maximum Gasteiger partial charge on any atom is 0.272 e. The van der Waals surface area contributed by atoms with Crippen molar-refractivity contribution in [1.29, 1.82) is 0 Å². The van der Waals surface area contributed by atoms with Gasteiger partial charge < -0.3 is 9.88 Å². The second-order valence-corrected chi connectivity index (χ2v) is 5.72. The number of rotatable bonds is 4. The molecule has 1 aromatic carbocycles. The van der Waals surface area contributed by atoms with Crippen molar-refractivity contribution in [1.82, 2.24) is 4.57 Å². The first-order chi connectivity index (χ1) is 9.88. The highest BCUT2D eigenvalue weighted by Gasteiger charge is 2.15. The molecule has 0 unspecified atom stereocenters. The number of aromatic nitrogens is 1. The Balaban J connectivity index is 2.20. The van der Waals surface area contributed by atoms with E-state index in [1.165, 1.54) is 24.3 Å². The van der Waals surface area contributed by atoms with Crippen LogP contribution in [0.2, 0.25) is 0 Å². The van der Waals surface area contributed by atoms with Gasteiger partial charge in [-0.1, -0.05) is 0 Å². The molecule has 7 heteroatoms. The van der Waals surface area contributed by atoms with Gasteiger partial charge in [0.2, 0.25) is 0 Å². The molecular weight excluding hydrogens is 338 g/mol. The minimum absolute atomic E-state index is 0.0127. The van der Waals surface area contributed by atoms with Crippen molar-refractivity contribution in [2.75, 3.05) is 5.32 Å². The summed E-state index contributed by atoms with van der Waals surface area (Å²) in [7, 11) is 0. The number of nitrogens with one attached hydrogen (secondary N) is 1. The SMILES string of the molecule is CC(C)n1cc(Br)cc1C(=O)Nc1ccc([N+](=O)[O-])cc1. The lowest BCUT2D eigenvalue weighted by atomic mass is 10.2. The normalized spacial score (nSPS) is 10.7. The minimum Gasteiger partial charge on any atom is -0.340 e. The van der Waals surface area contributed by atoms with Gasteiger partial charge >= 0.3 is 0 Å². The number of nitrogens with zero attached hydrogens (tertiary/aromatic N) is 2. The number of anilines is 1. The summed E-state index contributed by atoms with van der Waals surface area (Å²) in [5, 5.41) is 13.3. The van der Waals surface area contributed by atoms with Crippen LogP contribution >= 0.6 is 15.9 Å². The average molecular weight is 352 g/mol. The van der Waals surface area contributed by atoms with E-state index in [9.17, 15) is 14.9 Å². The Kier molecular flexibility index (Phi) is 4.42. The molecule has 0 aliphatic heterocycles. The van der Waals surface area contributed by atoms with Gasteiger partial charge in [0.05, 0.1) is 4.92 Å². The zero-order valence-electron chi connectivity index (χ0n) is 11.5. The quantitative estimate of drug-likeness (QED) is 0.668. The molecule has 0 atom stereocenters. The topological polar surface area (TPSA) is 77.2 Å². The number of carbonyl (C=O) groups is 1. The zero-order chi connectivity index (χ0) is 15.6. The summed E-state index contributed by atoms with van der Waals surface area (Å²) < 4.78 is 2.68. The van der Waals surface area contributed by atoms with Crippen LogP contribution in [0.15, 0.2) is 41.0 Å². The second kappa shape index (κ2) is 6.09. The van der Waals surface area contributed by atoms with Crippen LogP contribution in [0.25, 0.3) is 0 Å². The van der Waals surface area contributed by atoms with E-state index in [-0.39, 0.29) is 17.6 Å². The third kappa shape index (κ3) is 3.49. The van der Waals surface area contributed by atoms with Gasteiger partial charge in [-0.25, -0.2) is 0 Å². The fourth-order valence-corrected chi connectivity index (χ4v) is 2.35. The number of benzene rings is 1. The Morgan fingerprint density at radius 2 is 1.95 bits per heavy atom. The fourth-order valence-electron chi connectivity index (χ4n) is 1.92. The van der Waals surface area contributed by atoms with E-state index in [4.69, 9.17) is 0 Å². The lowest BCUT2D eigenvalue weighted by molar-refractivity contribution is -0.384.